The first-order valence-corrected chi connectivity index (χ1v) is 6.74. The highest BCUT2D eigenvalue weighted by molar-refractivity contribution is 7.85. The fraction of sp³-hybridized carbons (Fsp3) is 0.500. The van der Waals surface area contributed by atoms with E-state index in [1.807, 2.05) is 0 Å². The number of ether oxygens (including phenoxy) is 1. The molecular weight excluding hydrogens is 260 g/mol. The van der Waals surface area contributed by atoms with Crippen molar-refractivity contribution in [3.63, 3.8) is 0 Å². The van der Waals surface area contributed by atoms with E-state index in [9.17, 15) is 13.0 Å². The summed E-state index contributed by atoms with van der Waals surface area (Å²) in [5.41, 5.74) is 5.25. The van der Waals surface area contributed by atoms with Gasteiger partial charge in [0.1, 0.15) is 0 Å². The van der Waals surface area contributed by atoms with Crippen LogP contribution in [0, 0.1) is 11.6 Å². The van der Waals surface area contributed by atoms with Crippen molar-refractivity contribution in [2.45, 2.75) is 30.4 Å². The van der Waals surface area contributed by atoms with Crippen molar-refractivity contribution in [2.75, 3.05) is 12.9 Å². The molecule has 0 heterocycles. The zero-order valence-electron chi connectivity index (χ0n) is 10.6. The highest BCUT2D eigenvalue weighted by atomic mass is 32.2. The Kier molecular flexibility index (Phi) is 4.95. The molecule has 102 valence electrons. The third-order valence-electron chi connectivity index (χ3n) is 2.90. The smallest absolute Gasteiger partial charge is 0.160 e. The molecule has 0 aromatic heterocycles. The predicted octanol–water partition coefficient (Wildman–Crippen LogP) is 1.82. The van der Waals surface area contributed by atoms with Crippen LogP contribution in [0.15, 0.2) is 23.1 Å². The van der Waals surface area contributed by atoms with Gasteiger partial charge < -0.3 is 10.5 Å². The van der Waals surface area contributed by atoms with Crippen molar-refractivity contribution in [2.24, 2.45) is 5.73 Å². The van der Waals surface area contributed by atoms with E-state index in [4.69, 9.17) is 10.5 Å². The van der Waals surface area contributed by atoms with Gasteiger partial charge in [0.25, 0.3) is 0 Å². The van der Waals surface area contributed by atoms with Gasteiger partial charge in [-0.1, -0.05) is 0 Å². The fourth-order valence-corrected chi connectivity index (χ4v) is 2.60. The number of hydrogen-bond donors (Lipinski definition) is 1. The molecule has 0 bridgehead atoms. The molecule has 0 aliphatic carbocycles. The number of rotatable bonds is 5. The second-order valence-electron chi connectivity index (χ2n) is 4.50. The minimum atomic E-state index is -1.49. The molecule has 3 nitrogen and oxygen atoms in total. The van der Waals surface area contributed by atoms with Gasteiger partial charge in [-0.2, -0.15) is 0 Å². The van der Waals surface area contributed by atoms with Gasteiger partial charge in [0.05, 0.1) is 16.4 Å². The van der Waals surface area contributed by atoms with E-state index in [1.54, 1.807) is 13.8 Å². The monoisotopic (exact) mass is 277 g/mol. The molecule has 0 fully saturated rings. The van der Waals surface area contributed by atoms with Gasteiger partial charge >= 0.3 is 0 Å². The third kappa shape index (κ3) is 3.57. The lowest BCUT2D eigenvalue weighted by Gasteiger charge is -2.29. The lowest BCUT2D eigenvalue weighted by atomic mass is 10.0. The summed E-state index contributed by atoms with van der Waals surface area (Å²) in [6, 6.07) is 2.70. The minimum absolute atomic E-state index is 0.117. The number of methoxy groups -OCH3 is 1. The van der Waals surface area contributed by atoms with Gasteiger partial charge in [0.15, 0.2) is 11.6 Å². The highest BCUT2D eigenvalue weighted by Gasteiger charge is 2.28. The summed E-state index contributed by atoms with van der Waals surface area (Å²) in [6.45, 7) is 3.56. The van der Waals surface area contributed by atoms with Crippen LogP contribution in [0.3, 0.4) is 0 Å². The Morgan fingerprint density at radius 1 is 1.39 bits per heavy atom. The first kappa shape index (κ1) is 15.2. The van der Waals surface area contributed by atoms with Gasteiger partial charge in [-0.05, 0) is 32.0 Å². The molecule has 0 radical (unpaired) electrons. The number of halogens is 2. The van der Waals surface area contributed by atoms with Crippen molar-refractivity contribution < 1.29 is 17.7 Å². The molecule has 0 amide bonds. The van der Waals surface area contributed by atoms with Crippen molar-refractivity contribution in [3.05, 3.63) is 29.8 Å². The lowest BCUT2D eigenvalue weighted by Crippen LogP contribution is -2.48. The minimum Gasteiger partial charge on any atom is -0.377 e. The number of hydrogen-bond acceptors (Lipinski definition) is 3. The average Bonchev–Trinajstić information content (AvgIpc) is 2.32. The molecule has 2 N–H and O–H groups in total. The van der Waals surface area contributed by atoms with E-state index in [-0.39, 0.29) is 10.6 Å². The largest absolute Gasteiger partial charge is 0.377 e. The molecule has 2 unspecified atom stereocenters. The summed E-state index contributed by atoms with van der Waals surface area (Å²) in [4.78, 5) is 0.219. The second kappa shape index (κ2) is 5.86. The van der Waals surface area contributed by atoms with Gasteiger partial charge in [-0.15, -0.1) is 0 Å². The summed E-state index contributed by atoms with van der Waals surface area (Å²) in [6.07, 6.45) is 0. The molecule has 0 spiro atoms. The quantitative estimate of drug-likeness (QED) is 0.893. The molecule has 1 rings (SSSR count). The van der Waals surface area contributed by atoms with Gasteiger partial charge in [-0.25, -0.2) is 8.78 Å². The second-order valence-corrected chi connectivity index (χ2v) is 6.00. The van der Waals surface area contributed by atoms with Crippen LogP contribution in [0.1, 0.15) is 13.8 Å². The molecule has 0 aliphatic heterocycles. The Balaban J connectivity index is 2.80. The first-order chi connectivity index (χ1) is 8.27. The molecular formula is C12H17F2NO2S. The van der Waals surface area contributed by atoms with Crippen molar-refractivity contribution in [1.29, 1.82) is 0 Å². The standard InChI is InChI=1S/C12H17F2NO2S/c1-12(2,17-3)11(15)7-18(16)8-4-5-9(13)10(14)6-8/h4-6,11H,7,15H2,1-3H3. The number of benzene rings is 1. The highest BCUT2D eigenvalue weighted by Crippen LogP contribution is 2.17. The Hall–Kier alpha value is -0.850. The summed E-state index contributed by atoms with van der Waals surface area (Å²) < 4.78 is 42.9. The van der Waals surface area contributed by atoms with Crippen molar-refractivity contribution in [3.8, 4) is 0 Å². The van der Waals surface area contributed by atoms with Gasteiger partial charge in [0.2, 0.25) is 0 Å². The molecule has 6 heteroatoms. The summed E-state index contributed by atoms with van der Waals surface area (Å²) >= 11 is 0. The molecule has 1 aromatic rings. The first-order valence-electron chi connectivity index (χ1n) is 5.42. The zero-order valence-corrected chi connectivity index (χ0v) is 11.4. The van der Waals surface area contributed by atoms with Crippen LogP contribution in [0.25, 0.3) is 0 Å². The Morgan fingerprint density at radius 2 is 2.00 bits per heavy atom. The molecule has 0 saturated carbocycles. The predicted molar refractivity (Wildman–Crippen MR) is 66.7 cm³/mol. The summed E-state index contributed by atoms with van der Waals surface area (Å²) in [7, 11) is 0.0224. The van der Waals surface area contributed by atoms with Crippen LogP contribution in [0.2, 0.25) is 0 Å². The zero-order chi connectivity index (χ0) is 13.9. The SMILES string of the molecule is COC(C)(C)C(N)CS(=O)c1ccc(F)c(F)c1. The lowest BCUT2D eigenvalue weighted by molar-refractivity contribution is 0.00645. The van der Waals surface area contributed by atoms with E-state index < -0.39 is 34.1 Å². The number of nitrogens with two attached hydrogens (primary N) is 1. The van der Waals surface area contributed by atoms with Gasteiger partial charge in [0, 0.05) is 23.8 Å². The fourth-order valence-electron chi connectivity index (χ4n) is 1.23. The maximum absolute atomic E-state index is 13.0. The maximum atomic E-state index is 13.0. The summed E-state index contributed by atoms with van der Waals surface area (Å²) in [5.74, 6) is -1.86. The molecule has 0 saturated heterocycles. The van der Waals surface area contributed by atoms with Gasteiger partial charge in [-0.3, -0.25) is 4.21 Å². The van der Waals surface area contributed by atoms with Crippen LogP contribution < -0.4 is 5.73 Å². The average molecular weight is 277 g/mol. The Labute approximate surface area is 108 Å². The van der Waals surface area contributed by atoms with E-state index in [1.165, 1.54) is 13.2 Å². The van der Waals surface area contributed by atoms with Crippen LogP contribution in [-0.2, 0) is 15.5 Å². The summed E-state index contributed by atoms with van der Waals surface area (Å²) in [5, 5.41) is 0. The molecule has 1 aromatic carbocycles. The van der Waals surface area contributed by atoms with Crippen LogP contribution in [0.4, 0.5) is 8.78 Å². The Bertz CT molecular complexity index is 452. The van der Waals surface area contributed by atoms with Crippen molar-refractivity contribution in [1.82, 2.24) is 0 Å². The van der Waals surface area contributed by atoms with Crippen LogP contribution in [0.5, 0.6) is 0 Å². The third-order valence-corrected chi connectivity index (χ3v) is 4.35. The van der Waals surface area contributed by atoms with Crippen LogP contribution in [-0.4, -0.2) is 28.7 Å². The van der Waals surface area contributed by atoms with E-state index in [0.717, 1.165) is 12.1 Å². The van der Waals surface area contributed by atoms with E-state index in [2.05, 4.69) is 0 Å². The topological polar surface area (TPSA) is 52.3 Å². The molecule has 2 atom stereocenters. The van der Waals surface area contributed by atoms with Crippen LogP contribution >= 0.6 is 0 Å². The molecule has 0 aliphatic rings. The van der Waals surface area contributed by atoms with E-state index >= 15 is 0 Å². The van der Waals surface area contributed by atoms with Crippen molar-refractivity contribution >= 4 is 10.8 Å². The normalized spacial score (nSPS) is 15.4. The molecule has 18 heavy (non-hydrogen) atoms. The maximum Gasteiger partial charge on any atom is 0.160 e. The Morgan fingerprint density at radius 3 is 2.50 bits per heavy atom. The van der Waals surface area contributed by atoms with E-state index in [0.29, 0.717) is 0 Å².